The number of halogens is 3. The zero-order valence-electron chi connectivity index (χ0n) is 24.2. The van der Waals surface area contributed by atoms with Crippen LogP contribution in [0.25, 0.3) is 55.6 Å². The number of rotatable bonds is 8. The molecule has 6 aromatic rings. The summed E-state index contributed by atoms with van der Waals surface area (Å²) in [6.45, 7) is 0.460. The van der Waals surface area contributed by atoms with E-state index in [1.807, 2.05) is 18.2 Å². The van der Waals surface area contributed by atoms with E-state index in [1.54, 1.807) is 42.0 Å². The third-order valence-corrected chi connectivity index (χ3v) is 8.97. The Balaban J connectivity index is 1.22. The molecule has 1 aliphatic heterocycles. The van der Waals surface area contributed by atoms with Crippen molar-refractivity contribution in [2.24, 2.45) is 0 Å². The number of alkyl halides is 2. The van der Waals surface area contributed by atoms with Gasteiger partial charge in [-0.3, -0.25) is 25.0 Å². The molecule has 0 atom stereocenters. The Labute approximate surface area is 256 Å². The van der Waals surface area contributed by atoms with E-state index in [-0.39, 0.29) is 25.1 Å². The molecule has 0 radical (unpaired) electrons. The van der Waals surface area contributed by atoms with Crippen LogP contribution in [0.3, 0.4) is 0 Å². The highest BCUT2D eigenvalue weighted by atomic mass is 32.2. The van der Waals surface area contributed by atoms with Gasteiger partial charge in [0.05, 0.1) is 47.1 Å². The Hall–Kier alpha value is -4.62. The van der Waals surface area contributed by atoms with Gasteiger partial charge < -0.3 is 4.98 Å². The van der Waals surface area contributed by atoms with Gasteiger partial charge in [-0.15, -0.1) is 0 Å². The predicted octanol–water partition coefficient (Wildman–Crippen LogP) is 5.80. The largest absolute Gasteiger partial charge is 0.352 e. The second-order valence-electron chi connectivity index (χ2n) is 11.6. The fraction of sp³-hybridized carbons (Fsp3) is 0.250. The van der Waals surface area contributed by atoms with Crippen molar-refractivity contribution in [2.75, 3.05) is 25.1 Å². The van der Waals surface area contributed by atoms with Crippen molar-refractivity contribution in [2.45, 2.75) is 25.3 Å². The van der Waals surface area contributed by atoms with Crippen LogP contribution in [0, 0.1) is 5.82 Å². The first-order valence-corrected chi connectivity index (χ1v) is 16.4. The van der Waals surface area contributed by atoms with Gasteiger partial charge in [0.1, 0.15) is 21.3 Å². The van der Waals surface area contributed by atoms with Crippen LogP contribution in [0.15, 0.2) is 67.4 Å². The summed E-state index contributed by atoms with van der Waals surface area (Å²) < 4.78 is 65.4. The first kappa shape index (κ1) is 29.1. The molecule has 45 heavy (non-hydrogen) atoms. The molecule has 1 fully saturated rings. The van der Waals surface area contributed by atoms with Gasteiger partial charge in [-0.2, -0.15) is 5.10 Å². The van der Waals surface area contributed by atoms with Crippen molar-refractivity contribution in [3.8, 4) is 33.8 Å². The van der Waals surface area contributed by atoms with Crippen molar-refractivity contribution in [3.63, 3.8) is 0 Å². The molecule has 1 saturated heterocycles. The Bertz CT molecular complexity index is 2180. The maximum Gasteiger partial charge on any atom is 0.261 e. The van der Waals surface area contributed by atoms with Crippen LogP contribution in [0.5, 0.6) is 0 Å². The molecule has 0 bridgehead atoms. The number of fused-ring (bicyclic) bond motifs is 2. The molecule has 13 heteroatoms. The lowest BCUT2D eigenvalue weighted by Gasteiger charge is -2.15. The van der Waals surface area contributed by atoms with E-state index in [0.717, 1.165) is 39.2 Å². The summed E-state index contributed by atoms with van der Waals surface area (Å²) in [6, 6.07) is 10.3. The summed E-state index contributed by atoms with van der Waals surface area (Å²) in [5.41, 5.74) is 6.89. The first-order valence-electron chi connectivity index (χ1n) is 14.3. The fourth-order valence-corrected chi connectivity index (χ4v) is 6.46. The van der Waals surface area contributed by atoms with Gasteiger partial charge in [0, 0.05) is 66.3 Å². The summed E-state index contributed by atoms with van der Waals surface area (Å²) in [4.78, 5) is 18.4. The third kappa shape index (κ3) is 6.18. The van der Waals surface area contributed by atoms with Gasteiger partial charge in [-0.1, -0.05) is 6.07 Å². The van der Waals surface area contributed by atoms with E-state index in [1.165, 1.54) is 12.1 Å². The quantitative estimate of drug-likeness (QED) is 0.218. The van der Waals surface area contributed by atoms with Crippen molar-refractivity contribution in [1.82, 2.24) is 35.0 Å². The lowest BCUT2D eigenvalue weighted by atomic mass is 10.0. The standard InChI is InChI=1S/C32H28F3N7O2S/c1-45(43,44)5-2-19-6-21(9-23(33)8-19)26-14-37-15-29-24(26)10-28(39-29)31-25-11-27(38-16-30(25)40-41-31)22-7-20(12-36-13-22)17-42-4-3-32(34,35)18-42/h6-16,39H,2-5,17-18H2,1H3,(H,40,41). The molecule has 2 N–H and O–H groups in total. The molecule has 5 aromatic heterocycles. The number of nitrogens with zero attached hydrogens (tertiary/aromatic N) is 5. The molecule has 0 unspecified atom stereocenters. The number of aromatic amines is 2. The number of aromatic nitrogens is 6. The zero-order chi connectivity index (χ0) is 31.3. The van der Waals surface area contributed by atoms with Crippen LogP contribution >= 0.6 is 0 Å². The summed E-state index contributed by atoms with van der Waals surface area (Å²) in [7, 11) is -3.20. The summed E-state index contributed by atoms with van der Waals surface area (Å²) in [5, 5.41) is 9.18. The molecule has 230 valence electrons. The van der Waals surface area contributed by atoms with E-state index < -0.39 is 21.6 Å². The number of sulfone groups is 1. The molecule has 1 aromatic carbocycles. The summed E-state index contributed by atoms with van der Waals surface area (Å²) in [5.74, 6) is -3.19. The van der Waals surface area contributed by atoms with Gasteiger partial charge in [0.15, 0.2) is 0 Å². The zero-order valence-corrected chi connectivity index (χ0v) is 25.0. The lowest BCUT2D eigenvalue weighted by molar-refractivity contribution is 0.0115. The van der Waals surface area contributed by atoms with E-state index in [0.29, 0.717) is 46.9 Å². The van der Waals surface area contributed by atoms with Crippen LogP contribution in [-0.4, -0.2) is 74.5 Å². The van der Waals surface area contributed by atoms with E-state index >= 15 is 0 Å². The minimum Gasteiger partial charge on any atom is -0.352 e. The van der Waals surface area contributed by atoms with Gasteiger partial charge in [0.25, 0.3) is 5.92 Å². The molecule has 0 aliphatic carbocycles. The molecule has 0 saturated carbocycles. The number of aryl methyl sites for hydroxylation is 1. The molecule has 7 rings (SSSR count). The monoisotopic (exact) mass is 631 g/mol. The van der Waals surface area contributed by atoms with E-state index in [2.05, 4.69) is 30.1 Å². The third-order valence-electron chi connectivity index (χ3n) is 8.02. The van der Waals surface area contributed by atoms with Crippen molar-refractivity contribution in [1.29, 1.82) is 0 Å². The molecule has 0 amide bonds. The van der Waals surface area contributed by atoms with Gasteiger partial charge in [-0.25, -0.2) is 21.6 Å². The average molecular weight is 632 g/mol. The first-order chi connectivity index (χ1) is 21.5. The van der Waals surface area contributed by atoms with E-state index in [4.69, 9.17) is 0 Å². The SMILES string of the molecule is CS(=O)(=O)CCc1cc(F)cc(-c2cncc3[nH]c(-c4n[nH]c5cnc(-c6cncc(CN7CCC(F)(F)C7)c6)cc45)cc23)c1. The number of H-pyrrole nitrogens is 2. The molecular formula is C32H28F3N7O2S. The number of hydrogen-bond donors (Lipinski definition) is 2. The Kier molecular flexibility index (Phi) is 7.16. The van der Waals surface area contributed by atoms with Crippen molar-refractivity contribution in [3.05, 3.63) is 84.3 Å². The number of likely N-dealkylation sites (tertiary alicyclic amines) is 1. The molecule has 9 nitrogen and oxygen atoms in total. The van der Waals surface area contributed by atoms with Gasteiger partial charge in [-0.05, 0) is 53.4 Å². The van der Waals surface area contributed by atoms with Crippen molar-refractivity contribution < 1.29 is 21.6 Å². The molecule has 1 aliphatic rings. The number of benzene rings is 1. The topological polar surface area (TPSA) is 121 Å². The Morgan fingerprint density at radius 1 is 0.911 bits per heavy atom. The normalized spacial score (nSPS) is 15.4. The lowest BCUT2D eigenvalue weighted by Crippen LogP contribution is -2.24. The van der Waals surface area contributed by atoms with Crippen LogP contribution in [-0.2, 0) is 22.8 Å². The van der Waals surface area contributed by atoms with Crippen LogP contribution in [0.1, 0.15) is 17.5 Å². The van der Waals surface area contributed by atoms with Crippen LogP contribution in [0.4, 0.5) is 13.2 Å². The molecule has 0 spiro atoms. The number of pyridine rings is 3. The fourth-order valence-electron chi connectivity index (χ4n) is 5.86. The number of nitrogens with one attached hydrogen (secondary N) is 2. The second kappa shape index (κ2) is 11.1. The van der Waals surface area contributed by atoms with Crippen LogP contribution in [0.2, 0.25) is 0 Å². The second-order valence-corrected chi connectivity index (χ2v) is 13.9. The Morgan fingerprint density at radius 2 is 1.73 bits per heavy atom. The highest BCUT2D eigenvalue weighted by Crippen LogP contribution is 2.35. The average Bonchev–Trinajstić information content (AvgIpc) is 3.71. The van der Waals surface area contributed by atoms with Gasteiger partial charge in [0.2, 0.25) is 0 Å². The van der Waals surface area contributed by atoms with Crippen LogP contribution < -0.4 is 0 Å². The summed E-state index contributed by atoms with van der Waals surface area (Å²) >= 11 is 0. The minimum atomic E-state index is -3.20. The molecule has 6 heterocycles. The smallest absolute Gasteiger partial charge is 0.261 e. The highest BCUT2D eigenvalue weighted by Gasteiger charge is 2.37. The minimum absolute atomic E-state index is 0.0760. The number of hydrogen-bond acceptors (Lipinski definition) is 7. The maximum atomic E-state index is 14.6. The summed E-state index contributed by atoms with van der Waals surface area (Å²) in [6.07, 6.45) is 9.63. The van der Waals surface area contributed by atoms with Gasteiger partial charge >= 0.3 is 0 Å². The predicted molar refractivity (Wildman–Crippen MR) is 166 cm³/mol. The highest BCUT2D eigenvalue weighted by molar-refractivity contribution is 7.90. The maximum absolute atomic E-state index is 14.6. The molecular weight excluding hydrogens is 603 g/mol. The Morgan fingerprint density at radius 3 is 2.53 bits per heavy atom. The van der Waals surface area contributed by atoms with E-state index in [9.17, 15) is 21.6 Å². The van der Waals surface area contributed by atoms with Crippen molar-refractivity contribution >= 4 is 31.6 Å².